The number of allylic oxidation sites excluding steroid dienone is 1. The lowest BCUT2D eigenvalue weighted by Crippen LogP contribution is -2.34. The second-order valence-corrected chi connectivity index (χ2v) is 10.2. The van der Waals surface area contributed by atoms with E-state index in [0.717, 1.165) is 21.6 Å². The quantitative estimate of drug-likeness (QED) is 0.118. The van der Waals surface area contributed by atoms with Gasteiger partial charge in [-0.05, 0) is 79.0 Å². The monoisotopic (exact) mass is 554 g/mol. The first-order valence-electron chi connectivity index (χ1n) is 11.9. The van der Waals surface area contributed by atoms with Crippen molar-refractivity contribution in [2.24, 2.45) is 11.6 Å². The summed E-state index contributed by atoms with van der Waals surface area (Å²) < 4.78 is 31.6. The standard InChI is InChI=1S/C28H29ClF2N6S/c1-17(19-7-10-22(29)11-8-19)27(15-32)37(33)26-14-21(20-5-4-6-23(13-20)38-34-3)9-12-25(26)36-16-24(28(30)31)35-18(36)2/h4-17,28,34H,32-33H2,1-3H3/b27-15-. The number of hydrogen-bond acceptors (Lipinski definition) is 6. The van der Waals surface area contributed by atoms with Gasteiger partial charge in [0, 0.05) is 28.2 Å². The van der Waals surface area contributed by atoms with E-state index >= 15 is 0 Å². The fraction of sp³-hybridized carbons (Fsp3) is 0.179. The van der Waals surface area contributed by atoms with Crippen molar-refractivity contribution >= 4 is 29.2 Å². The third-order valence-corrected chi connectivity index (χ3v) is 7.21. The molecule has 0 aliphatic rings. The smallest absolute Gasteiger partial charge is 0.281 e. The van der Waals surface area contributed by atoms with Gasteiger partial charge in [0.15, 0.2) is 0 Å². The molecule has 0 bridgehead atoms. The number of nitrogens with one attached hydrogen (secondary N) is 1. The van der Waals surface area contributed by atoms with Crippen LogP contribution in [0.2, 0.25) is 5.02 Å². The maximum Gasteiger partial charge on any atom is 0.281 e. The first-order chi connectivity index (χ1) is 18.2. The van der Waals surface area contributed by atoms with Gasteiger partial charge in [-0.15, -0.1) is 0 Å². The van der Waals surface area contributed by atoms with E-state index in [9.17, 15) is 8.78 Å². The molecule has 0 saturated carbocycles. The molecule has 0 aliphatic heterocycles. The van der Waals surface area contributed by atoms with Crippen molar-refractivity contribution in [1.29, 1.82) is 0 Å². The van der Waals surface area contributed by atoms with E-state index < -0.39 is 6.43 Å². The van der Waals surface area contributed by atoms with E-state index in [1.165, 1.54) is 29.4 Å². The van der Waals surface area contributed by atoms with Crippen LogP contribution < -0.4 is 21.3 Å². The number of alkyl halides is 2. The summed E-state index contributed by atoms with van der Waals surface area (Å²) in [6.45, 7) is 3.67. The lowest BCUT2D eigenvalue weighted by Gasteiger charge is -2.29. The Morgan fingerprint density at radius 3 is 2.45 bits per heavy atom. The summed E-state index contributed by atoms with van der Waals surface area (Å²) in [7, 11) is 1.86. The fourth-order valence-corrected chi connectivity index (χ4v) is 4.99. The number of aromatic nitrogens is 2. The van der Waals surface area contributed by atoms with Gasteiger partial charge >= 0.3 is 0 Å². The Bertz CT molecular complexity index is 1440. The van der Waals surface area contributed by atoms with Crippen LogP contribution in [0.15, 0.2) is 89.7 Å². The van der Waals surface area contributed by atoms with Crippen molar-refractivity contribution in [2.45, 2.75) is 31.1 Å². The average Bonchev–Trinajstić information content (AvgIpc) is 3.31. The highest BCUT2D eigenvalue weighted by atomic mass is 35.5. The van der Waals surface area contributed by atoms with Crippen molar-refractivity contribution < 1.29 is 8.78 Å². The average molecular weight is 555 g/mol. The Hall–Kier alpha value is -3.37. The van der Waals surface area contributed by atoms with Gasteiger partial charge in [0.05, 0.1) is 17.1 Å². The van der Waals surface area contributed by atoms with Crippen molar-refractivity contribution in [3.05, 3.63) is 107 Å². The van der Waals surface area contributed by atoms with Crippen LogP contribution in [0.25, 0.3) is 16.8 Å². The number of nitrogens with two attached hydrogens (primary N) is 2. The number of rotatable bonds is 9. The molecule has 198 valence electrons. The number of nitrogens with zero attached hydrogens (tertiary/aromatic N) is 3. The van der Waals surface area contributed by atoms with Gasteiger partial charge in [0.2, 0.25) is 0 Å². The molecule has 0 fully saturated rings. The van der Waals surface area contributed by atoms with E-state index in [0.29, 0.717) is 27.9 Å². The van der Waals surface area contributed by atoms with E-state index in [1.54, 1.807) is 11.5 Å². The number of benzene rings is 3. The molecule has 6 nitrogen and oxygen atoms in total. The van der Waals surface area contributed by atoms with Gasteiger partial charge < -0.3 is 10.3 Å². The van der Waals surface area contributed by atoms with Gasteiger partial charge in [-0.2, -0.15) is 0 Å². The molecule has 3 aromatic carbocycles. The first kappa shape index (κ1) is 27.7. The molecule has 4 aromatic rings. The number of anilines is 1. The predicted octanol–water partition coefficient (Wildman–Crippen LogP) is 6.95. The third kappa shape index (κ3) is 5.86. The molecule has 1 atom stereocenters. The van der Waals surface area contributed by atoms with Crippen molar-refractivity contribution in [2.75, 3.05) is 12.1 Å². The Morgan fingerprint density at radius 2 is 1.82 bits per heavy atom. The van der Waals surface area contributed by atoms with Crippen LogP contribution in [0.5, 0.6) is 0 Å². The summed E-state index contributed by atoms with van der Waals surface area (Å²) in [6, 6.07) is 21.2. The maximum absolute atomic E-state index is 13.5. The van der Waals surface area contributed by atoms with Crippen molar-refractivity contribution in [3.63, 3.8) is 0 Å². The van der Waals surface area contributed by atoms with Crippen LogP contribution in [-0.2, 0) is 0 Å². The van der Waals surface area contributed by atoms with Crippen LogP contribution in [0.4, 0.5) is 14.5 Å². The molecule has 38 heavy (non-hydrogen) atoms. The minimum absolute atomic E-state index is 0.186. The molecule has 0 amide bonds. The van der Waals surface area contributed by atoms with Crippen molar-refractivity contribution in [1.82, 2.24) is 14.3 Å². The molecule has 0 spiro atoms. The third-order valence-electron chi connectivity index (χ3n) is 6.27. The van der Waals surface area contributed by atoms with Gasteiger partial charge in [0.25, 0.3) is 6.43 Å². The Labute approximate surface area is 230 Å². The molecule has 0 aliphatic carbocycles. The van der Waals surface area contributed by atoms with Crippen molar-refractivity contribution in [3.8, 4) is 16.8 Å². The maximum atomic E-state index is 13.5. The Kier molecular flexibility index (Phi) is 8.73. The SMILES string of the molecule is CNSc1cccc(-c2ccc(-n3cc(C(F)F)nc3C)c(N(N)/C(=C\N)C(C)c3ccc(Cl)cc3)c2)c1. The fourth-order valence-electron chi connectivity index (χ4n) is 4.30. The number of aryl methyl sites for hydroxylation is 1. The van der Waals surface area contributed by atoms with Crippen LogP contribution in [0, 0.1) is 6.92 Å². The lowest BCUT2D eigenvalue weighted by molar-refractivity contribution is 0.146. The first-order valence-corrected chi connectivity index (χ1v) is 13.1. The highest BCUT2D eigenvalue weighted by molar-refractivity contribution is 7.97. The minimum Gasteiger partial charge on any atom is -0.403 e. The van der Waals surface area contributed by atoms with Gasteiger partial charge in [-0.25, -0.2) is 19.6 Å². The highest BCUT2D eigenvalue weighted by Gasteiger charge is 2.23. The number of hydrogen-bond donors (Lipinski definition) is 3. The van der Waals surface area contributed by atoms with E-state index in [2.05, 4.69) is 15.8 Å². The number of halogens is 3. The molecule has 1 heterocycles. The van der Waals surface area contributed by atoms with Crippen LogP contribution in [-0.4, -0.2) is 16.6 Å². The zero-order chi connectivity index (χ0) is 27.4. The normalized spacial score (nSPS) is 12.7. The molecule has 10 heteroatoms. The molecule has 1 aromatic heterocycles. The second-order valence-electron chi connectivity index (χ2n) is 8.66. The molecular weight excluding hydrogens is 526 g/mol. The summed E-state index contributed by atoms with van der Waals surface area (Å²) in [5.41, 5.74) is 10.4. The van der Waals surface area contributed by atoms with Gasteiger partial charge in [-0.3, -0.25) is 9.73 Å². The van der Waals surface area contributed by atoms with Gasteiger partial charge in [-0.1, -0.05) is 48.9 Å². The minimum atomic E-state index is -2.69. The molecule has 0 saturated heterocycles. The van der Waals surface area contributed by atoms with Crippen LogP contribution in [0.1, 0.15) is 36.3 Å². The number of hydrazine groups is 1. The van der Waals surface area contributed by atoms with E-state index in [4.69, 9.17) is 23.2 Å². The molecular formula is C28H29ClF2N6S. The van der Waals surface area contributed by atoms with Gasteiger partial charge in [0.1, 0.15) is 11.5 Å². The summed E-state index contributed by atoms with van der Waals surface area (Å²) in [6.07, 6.45) is 0.111. The largest absolute Gasteiger partial charge is 0.403 e. The Morgan fingerprint density at radius 1 is 1.11 bits per heavy atom. The second kappa shape index (κ2) is 12.0. The van der Waals surface area contributed by atoms with E-state index in [1.807, 2.05) is 74.6 Å². The zero-order valence-electron chi connectivity index (χ0n) is 21.2. The molecule has 0 radical (unpaired) electrons. The molecule has 1 unspecified atom stereocenters. The Balaban J connectivity index is 1.85. The topological polar surface area (TPSA) is 85.1 Å². The lowest BCUT2D eigenvalue weighted by atomic mass is 9.97. The molecule has 5 N–H and O–H groups in total. The predicted molar refractivity (Wildman–Crippen MR) is 152 cm³/mol. The summed E-state index contributed by atoms with van der Waals surface area (Å²) in [5.74, 6) is 6.99. The summed E-state index contributed by atoms with van der Waals surface area (Å²) >= 11 is 7.59. The molecule has 4 rings (SSSR count). The summed E-state index contributed by atoms with van der Waals surface area (Å²) in [4.78, 5) is 5.10. The zero-order valence-corrected chi connectivity index (χ0v) is 22.8. The summed E-state index contributed by atoms with van der Waals surface area (Å²) in [5, 5.41) is 2.13. The highest BCUT2D eigenvalue weighted by Crippen LogP contribution is 2.36. The van der Waals surface area contributed by atoms with E-state index in [-0.39, 0.29) is 11.6 Å². The van der Waals surface area contributed by atoms with Crippen LogP contribution in [0.3, 0.4) is 0 Å². The van der Waals surface area contributed by atoms with Crippen LogP contribution >= 0.6 is 23.5 Å². The number of imidazole rings is 1.